The molecule has 0 amide bonds. The maximum Gasteiger partial charge on any atom is 0.0887 e. The second kappa shape index (κ2) is 3.89. The average molecular weight is 211 g/mol. The van der Waals surface area contributed by atoms with Crippen molar-refractivity contribution in [3.63, 3.8) is 0 Å². The molecule has 2 heterocycles. The highest BCUT2D eigenvalue weighted by Crippen LogP contribution is 2.34. The molecule has 0 aliphatic carbocycles. The SMILES string of the molecule is CC(C)=C(C)C1(O)CC2COCC(C1)N2. The third kappa shape index (κ3) is 2.10. The number of piperidine rings is 1. The van der Waals surface area contributed by atoms with E-state index < -0.39 is 5.60 Å². The van der Waals surface area contributed by atoms with E-state index in [9.17, 15) is 5.11 Å². The molecular weight excluding hydrogens is 190 g/mol. The van der Waals surface area contributed by atoms with Crippen LogP contribution in [0.15, 0.2) is 11.1 Å². The Morgan fingerprint density at radius 1 is 1.20 bits per heavy atom. The van der Waals surface area contributed by atoms with Gasteiger partial charge in [-0.3, -0.25) is 0 Å². The maximum atomic E-state index is 10.7. The molecule has 0 saturated carbocycles. The molecular formula is C12H21NO2. The van der Waals surface area contributed by atoms with Crippen LogP contribution in [0.5, 0.6) is 0 Å². The summed E-state index contributed by atoms with van der Waals surface area (Å²) < 4.78 is 5.48. The van der Waals surface area contributed by atoms with E-state index in [1.54, 1.807) is 0 Å². The molecule has 2 rings (SSSR count). The van der Waals surface area contributed by atoms with Gasteiger partial charge in [0.1, 0.15) is 0 Å². The van der Waals surface area contributed by atoms with Crippen molar-refractivity contribution in [2.45, 2.75) is 51.3 Å². The van der Waals surface area contributed by atoms with Gasteiger partial charge >= 0.3 is 0 Å². The van der Waals surface area contributed by atoms with Crippen LogP contribution in [0.2, 0.25) is 0 Å². The van der Waals surface area contributed by atoms with Crippen molar-refractivity contribution in [2.75, 3.05) is 13.2 Å². The molecule has 86 valence electrons. The number of ether oxygens (including phenoxy) is 1. The lowest BCUT2D eigenvalue weighted by Gasteiger charge is -2.45. The molecule has 2 fully saturated rings. The fraction of sp³-hybridized carbons (Fsp3) is 0.833. The van der Waals surface area contributed by atoms with E-state index >= 15 is 0 Å². The van der Waals surface area contributed by atoms with Crippen LogP contribution in [0.4, 0.5) is 0 Å². The fourth-order valence-electron chi connectivity index (χ4n) is 2.69. The van der Waals surface area contributed by atoms with Gasteiger partial charge in [0.2, 0.25) is 0 Å². The smallest absolute Gasteiger partial charge is 0.0887 e. The van der Waals surface area contributed by atoms with Crippen LogP contribution in [0, 0.1) is 0 Å². The van der Waals surface area contributed by atoms with Gasteiger partial charge in [-0.2, -0.15) is 0 Å². The summed E-state index contributed by atoms with van der Waals surface area (Å²) >= 11 is 0. The molecule has 2 aliphatic heterocycles. The van der Waals surface area contributed by atoms with Crippen LogP contribution in [-0.2, 0) is 4.74 Å². The number of aliphatic hydroxyl groups is 1. The van der Waals surface area contributed by atoms with Gasteiger partial charge in [-0.15, -0.1) is 0 Å². The highest BCUT2D eigenvalue weighted by atomic mass is 16.5. The molecule has 3 nitrogen and oxygen atoms in total. The molecule has 0 spiro atoms. The zero-order valence-electron chi connectivity index (χ0n) is 9.84. The zero-order chi connectivity index (χ0) is 11.1. The monoisotopic (exact) mass is 211 g/mol. The lowest BCUT2D eigenvalue weighted by molar-refractivity contribution is -0.0573. The average Bonchev–Trinajstić information content (AvgIpc) is 2.15. The first-order valence-electron chi connectivity index (χ1n) is 5.72. The van der Waals surface area contributed by atoms with E-state index in [2.05, 4.69) is 26.1 Å². The van der Waals surface area contributed by atoms with E-state index in [4.69, 9.17) is 4.74 Å². The van der Waals surface area contributed by atoms with Gasteiger partial charge in [-0.25, -0.2) is 0 Å². The Morgan fingerprint density at radius 3 is 2.20 bits per heavy atom. The van der Waals surface area contributed by atoms with Crippen LogP contribution < -0.4 is 5.32 Å². The summed E-state index contributed by atoms with van der Waals surface area (Å²) in [7, 11) is 0. The quantitative estimate of drug-likeness (QED) is 0.641. The summed E-state index contributed by atoms with van der Waals surface area (Å²) in [6.45, 7) is 7.66. The van der Waals surface area contributed by atoms with E-state index in [1.807, 2.05) is 0 Å². The molecule has 2 saturated heterocycles. The molecule has 2 unspecified atom stereocenters. The van der Waals surface area contributed by atoms with Crippen LogP contribution in [-0.4, -0.2) is 36.0 Å². The standard InChI is InChI=1S/C12H21NO2/c1-8(2)9(3)12(14)4-10-6-15-7-11(5-12)13-10/h10-11,13-14H,4-7H2,1-3H3. The number of rotatable bonds is 1. The predicted molar refractivity (Wildman–Crippen MR) is 59.8 cm³/mol. The molecule has 2 aliphatic rings. The van der Waals surface area contributed by atoms with Crippen LogP contribution in [0.1, 0.15) is 33.6 Å². The Labute approximate surface area is 91.5 Å². The summed E-state index contributed by atoms with van der Waals surface area (Å²) in [6, 6.07) is 0.633. The van der Waals surface area contributed by atoms with Gasteiger partial charge in [0, 0.05) is 12.1 Å². The number of allylic oxidation sites excluding steroid dienone is 1. The van der Waals surface area contributed by atoms with Crippen molar-refractivity contribution in [1.82, 2.24) is 5.32 Å². The van der Waals surface area contributed by atoms with Crippen molar-refractivity contribution in [3.8, 4) is 0 Å². The Bertz CT molecular complexity index is 269. The topological polar surface area (TPSA) is 41.5 Å². The minimum Gasteiger partial charge on any atom is -0.385 e. The lowest BCUT2D eigenvalue weighted by Crippen LogP contribution is -2.60. The summed E-state index contributed by atoms with van der Waals surface area (Å²) in [5, 5.41) is 14.2. The molecule has 2 N–H and O–H groups in total. The summed E-state index contributed by atoms with van der Waals surface area (Å²) in [5.41, 5.74) is 1.77. The molecule has 2 bridgehead atoms. The first-order valence-corrected chi connectivity index (χ1v) is 5.72. The molecule has 0 aromatic heterocycles. The number of nitrogens with one attached hydrogen (secondary N) is 1. The van der Waals surface area contributed by atoms with E-state index in [1.165, 1.54) is 5.57 Å². The Hall–Kier alpha value is -0.380. The van der Waals surface area contributed by atoms with Gasteiger partial charge < -0.3 is 15.2 Å². The van der Waals surface area contributed by atoms with Crippen LogP contribution >= 0.6 is 0 Å². The third-order valence-electron chi connectivity index (χ3n) is 3.73. The van der Waals surface area contributed by atoms with Gasteiger partial charge in [-0.05, 0) is 39.2 Å². The Kier molecular flexibility index (Phi) is 2.88. The normalized spacial score (nSPS) is 40.0. The molecule has 0 aromatic rings. The van der Waals surface area contributed by atoms with Crippen molar-refractivity contribution >= 4 is 0 Å². The van der Waals surface area contributed by atoms with Crippen molar-refractivity contribution in [2.24, 2.45) is 0 Å². The first kappa shape index (κ1) is 11.1. The molecule has 15 heavy (non-hydrogen) atoms. The lowest BCUT2D eigenvalue weighted by atomic mass is 9.77. The number of hydrogen-bond acceptors (Lipinski definition) is 3. The summed E-state index contributed by atoms with van der Waals surface area (Å²) in [5.74, 6) is 0. The van der Waals surface area contributed by atoms with Gasteiger partial charge in [-0.1, -0.05) is 5.57 Å². The first-order chi connectivity index (χ1) is 7.01. The van der Waals surface area contributed by atoms with Gasteiger partial charge in [0.05, 0.1) is 18.8 Å². The molecule has 0 radical (unpaired) electrons. The highest BCUT2D eigenvalue weighted by molar-refractivity contribution is 5.22. The van der Waals surface area contributed by atoms with E-state index in [-0.39, 0.29) is 0 Å². The van der Waals surface area contributed by atoms with Crippen LogP contribution in [0.3, 0.4) is 0 Å². The van der Waals surface area contributed by atoms with Crippen molar-refractivity contribution in [1.29, 1.82) is 0 Å². The summed E-state index contributed by atoms with van der Waals surface area (Å²) in [4.78, 5) is 0. The van der Waals surface area contributed by atoms with Gasteiger partial charge in [0.15, 0.2) is 0 Å². The third-order valence-corrected chi connectivity index (χ3v) is 3.73. The summed E-state index contributed by atoms with van der Waals surface area (Å²) in [6.07, 6.45) is 1.56. The van der Waals surface area contributed by atoms with Crippen molar-refractivity contribution < 1.29 is 9.84 Å². The minimum atomic E-state index is -0.608. The van der Waals surface area contributed by atoms with Crippen molar-refractivity contribution in [3.05, 3.63) is 11.1 Å². The zero-order valence-corrected chi connectivity index (χ0v) is 9.84. The Morgan fingerprint density at radius 2 is 1.73 bits per heavy atom. The van der Waals surface area contributed by atoms with E-state index in [0.717, 1.165) is 31.6 Å². The van der Waals surface area contributed by atoms with Crippen LogP contribution in [0.25, 0.3) is 0 Å². The largest absolute Gasteiger partial charge is 0.385 e. The Balaban J connectivity index is 2.19. The highest BCUT2D eigenvalue weighted by Gasteiger charge is 2.42. The number of fused-ring (bicyclic) bond motifs is 2. The molecule has 2 atom stereocenters. The molecule has 0 aromatic carbocycles. The fourth-order valence-corrected chi connectivity index (χ4v) is 2.69. The number of hydrogen-bond donors (Lipinski definition) is 2. The maximum absolute atomic E-state index is 10.7. The van der Waals surface area contributed by atoms with Gasteiger partial charge in [0.25, 0.3) is 0 Å². The predicted octanol–water partition coefficient (Wildman–Crippen LogP) is 1.22. The van der Waals surface area contributed by atoms with E-state index in [0.29, 0.717) is 12.1 Å². The minimum absolute atomic E-state index is 0.316. The molecule has 3 heteroatoms. The second-order valence-corrected chi connectivity index (χ2v) is 5.16. The number of morpholine rings is 1. The second-order valence-electron chi connectivity index (χ2n) is 5.16.